The molecule has 2 saturated heterocycles. The van der Waals surface area contributed by atoms with Crippen LogP contribution < -0.4 is 21.3 Å². The fourth-order valence-corrected chi connectivity index (χ4v) is 11.8. The van der Waals surface area contributed by atoms with Gasteiger partial charge in [-0.1, -0.05) is 117 Å². The van der Waals surface area contributed by atoms with Crippen LogP contribution in [0.2, 0.25) is 0 Å². The molecule has 2 aliphatic heterocycles. The molecule has 2 fully saturated rings. The number of hydrogen-bond donors (Lipinski definition) is 5. The van der Waals surface area contributed by atoms with Crippen molar-refractivity contribution in [2.24, 2.45) is 40.9 Å². The van der Waals surface area contributed by atoms with Gasteiger partial charge >= 0.3 is 0 Å². The molecule has 0 saturated carbocycles. The highest BCUT2D eigenvalue weighted by Gasteiger charge is 2.55. The fourth-order valence-electron chi connectivity index (χ4n) is 11.8. The van der Waals surface area contributed by atoms with Crippen LogP contribution in [0.4, 0.5) is 0 Å². The minimum absolute atomic E-state index is 0.0495. The van der Waals surface area contributed by atoms with Gasteiger partial charge in [-0.25, -0.2) is 5.06 Å². The van der Waals surface area contributed by atoms with Gasteiger partial charge < -0.3 is 60.6 Å². The number of hydroxylamine groups is 2. The third kappa shape index (κ3) is 18.9. The Hall–Kier alpha value is -5.75. The van der Waals surface area contributed by atoms with E-state index < -0.39 is 155 Å². The zero-order valence-electron chi connectivity index (χ0n) is 57.2. The van der Waals surface area contributed by atoms with Crippen molar-refractivity contribution in [3.05, 3.63) is 0 Å². The Morgan fingerprint density at radius 1 is 0.609 bits per heavy atom. The maximum atomic E-state index is 15.1. The average Bonchev–Trinajstić information content (AvgIpc) is 1.27. The molecule has 0 aromatic carbocycles. The fraction of sp³-hybridized carbons (Fsp3) is 0.825. The summed E-state index contributed by atoms with van der Waals surface area (Å²) in [5.41, 5.74) is -2.94. The maximum Gasteiger partial charge on any atom is 0.270 e. The van der Waals surface area contributed by atoms with Crippen molar-refractivity contribution in [3.8, 4) is 0 Å². The van der Waals surface area contributed by atoms with E-state index >= 15 is 9.59 Å². The highest BCUT2D eigenvalue weighted by atomic mass is 16.7. The van der Waals surface area contributed by atoms with Gasteiger partial charge in [-0.15, -0.1) is 0 Å². The number of likely N-dealkylation sites (N-methyl/N-ethyl adjacent to an activating group) is 6. The number of aldehydes is 1. The molecule has 87 heavy (non-hydrogen) atoms. The summed E-state index contributed by atoms with van der Waals surface area (Å²) in [6.07, 6.45) is 2.59. The number of hydrogen-bond acceptors (Lipinski definition) is 14. The van der Waals surface area contributed by atoms with Crippen LogP contribution in [0.1, 0.15) is 170 Å². The summed E-state index contributed by atoms with van der Waals surface area (Å²) in [7, 11) is 8.57. The molecule has 2 aliphatic rings. The Morgan fingerprint density at radius 3 is 1.60 bits per heavy atom. The van der Waals surface area contributed by atoms with Crippen LogP contribution in [0.25, 0.3) is 0 Å². The molecule has 13 atom stereocenters. The predicted molar refractivity (Wildman–Crippen MR) is 332 cm³/mol. The topological polar surface area (TPSA) is 288 Å². The zero-order valence-corrected chi connectivity index (χ0v) is 57.2. The van der Waals surface area contributed by atoms with E-state index in [2.05, 4.69) is 21.3 Å². The van der Waals surface area contributed by atoms with Gasteiger partial charge in [0.2, 0.25) is 53.2 Å². The Balaban J connectivity index is 3.00. The first-order valence-electron chi connectivity index (χ1n) is 31.5. The van der Waals surface area contributed by atoms with Crippen LogP contribution in [-0.2, 0) is 57.6 Å². The number of fused-ring (bicyclic) bond motifs is 1. The van der Waals surface area contributed by atoms with E-state index in [0.717, 1.165) is 27.7 Å². The van der Waals surface area contributed by atoms with Crippen LogP contribution in [0.3, 0.4) is 0 Å². The molecule has 5 N–H and O–H groups in total. The van der Waals surface area contributed by atoms with E-state index in [1.165, 1.54) is 82.7 Å². The van der Waals surface area contributed by atoms with Crippen LogP contribution in [-0.4, -0.2) is 232 Å². The largest absolute Gasteiger partial charge is 0.396 e. The number of unbranched alkanes of at least 4 members (excludes halogenated alkanes) is 1. The third-order valence-electron chi connectivity index (χ3n) is 17.6. The number of amides is 10. The molecule has 0 unspecified atom stereocenters. The number of carbonyl (C=O) groups excluding carboxylic acids is 11. The lowest BCUT2D eigenvalue weighted by Gasteiger charge is -2.50. The predicted octanol–water partition coefficient (Wildman–Crippen LogP) is 3.22. The lowest BCUT2D eigenvalue weighted by molar-refractivity contribution is -0.322. The SMILES string of the molecule is CCCC[C@@H](C)[C@H]1ON2C(=O)[C@H](C(C)C)N(C)C(=O)[C@H](CC(C)C)N(C)C(=O)[C@H](CC(C)C)N(C)C(=O)[C@@H](C)NC(=O)[C@H](C)NC[C@](C=O)(CC(C)C)N(C)C(=O)[C@H](C(C)C)NC(=O)[C@H](C(C)(C)CO)N(C)C(=O)[C@@H](C)N(C)C(=O)[C@H](CC)NC(=O)[C@H]12. The lowest BCUT2D eigenvalue weighted by Crippen LogP contribution is -2.72. The summed E-state index contributed by atoms with van der Waals surface area (Å²) in [6, 6.07) is -12.2. The zero-order chi connectivity index (χ0) is 67.2. The Morgan fingerprint density at radius 2 is 1.14 bits per heavy atom. The van der Waals surface area contributed by atoms with Crippen LogP contribution >= 0.6 is 0 Å². The Bertz CT molecular complexity index is 2400. The van der Waals surface area contributed by atoms with Crippen LogP contribution in [0, 0.1) is 40.9 Å². The number of rotatable bonds is 16. The first-order valence-corrected chi connectivity index (χ1v) is 31.5. The van der Waals surface area contributed by atoms with E-state index in [4.69, 9.17) is 4.84 Å². The molecule has 0 aromatic heterocycles. The van der Waals surface area contributed by atoms with Crippen LogP contribution in [0.15, 0.2) is 0 Å². The molecular formula is C63H113N11O13. The van der Waals surface area contributed by atoms with Gasteiger partial charge in [0.1, 0.15) is 66.3 Å². The number of aliphatic hydroxyl groups excluding tert-OH is 1. The van der Waals surface area contributed by atoms with Gasteiger partial charge in [0.25, 0.3) is 5.91 Å². The highest BCUT2D eigenvalue weighted by Crippen LogP contribution is 2.35. The van der Waals surface area contributed by atoms with Crippen LogP contribution in [0.5, 0.6) is 0 Å². The third-order valence-corrected chi connectivity index (χ3v) is 17.6. The van der Waals surface area contributed by atoms with Gasteiger partial charge in [-0.05, 0) is 88.4 Å². The van der Waals surface area contributed by atoms with Crippen molar-refractivity contribution < 1.29 is 62.7 Å². The molecule has 0 spiro atoms. The molecule has 0 aromatic rings. The van der Waals surface area contributed by atoms with E-state index in [9.17, 15) is 48.3 Å². The van der Waals surface area contributed by atoms with Gasteiger partial charge in [-0.3, -0.25) is 52.8 Å². The molecule has 0 radical (unpaired) electrons. The van der Waals surface area contributed by atoms with Crippen molar-refractivity contribution in [3.63, 3.8) is 0 Å². The maximum absolute atomic E-state index is 15.1. The van der Waals surface area contributed by atoms with Crippen molar-refractivity contribution in [1.82, 2.24) is 55.7 Å². The summed E-state index contributed by atoms with van der Waals surface area (Å²) in [5, 5.41) is 23.2. The number of carbonyl (C=O) groups is 11. The summed E-state index contributed by atoms with van der Waals surface area (Å²) in [6.45, 7) is 30.5. The molecule has 0 aliphatic carbocycles. The Labute approximate surface area is 520 Å². The number of aliphatic hydroxyl groups is 1. The monoisotopic (exact) mass is 1230 g/mol. The average molecular weight is 1230 g/mol. The standard InChI is InChI=1S/C63H113N11O13/c1-25-27-28-40(13)50-49-53(78)66-44(26-2)57(82)68(19)43(16)56(81)72(23)51(62(17,18)33-75)54(79)67-47(38(9)10)60(85)73(24)63(34-76,31-37(7)8)32-64-41(14)52(77)65-42(15)55(80)69(20)45(29-35(3)4)58(83)70(21)46(30-36(5)6)59(84)71(22)48(39(11)12)61(86)74(49)87-50/h34-51,64,75H,25-33H2,1-24H3,(H,65,77)(H,66,78)(H,67,79)/t40-,41+,42-,43-,44+,45+,46+,47+,48+,49+,50-,51-,63+/m1/s1. The number of nitrogens with zero attached hydrogens (tertiary/aromatic N) is 7. The molecule has 498 valence electrons. The van der Waals surface area contributed by atoms with Gasteiger partial charge in [0.05, 0.1) is 12.6 Å². The van der Waals surface area contributed by atoms with E-state index in [1.807, 2.05) is 55.4 Å². The van der Waals surface area contributed by atoms with Crippen molar-refractivity contribution in [2.75, 3.05) is 55.4 Å². The number of nitrogens with one attached hydrogen (secondary N) is 4. The van der Waals surface area contributed by atoms with Crippen molar-refractivity contribution >= 4 is 65.4 Å². The molecule has 10 amide bonds. The highest BCUT2D eigenvalue weighted by molar-refractivity contribution is 5.99. The minimum atomic E-state index is -1.60. The summed E-state index contributed by atoms with van der Waals surface area (Å²) in [4.78, 5) is 175. The second-order valence-corrected chi connectivity index (χ2v) is 27.5. The van der Waals surface area contributed by atoms with E-state index in [-0.39, 0.29) is 55.9 Å². The summed E-state index contributed by atoms with van der Waals surface area (Å²) in [5.74, 6) is -8.52. The first kappa shape index (κ1) is 77.3. The van der Waals surface area contributed by atoms with Crippen molar-refractivity contribution in [2.45, 2.75) is 242 Å². The minimum Gasteiger partial charge on any atom is -0.396 e. The Kier molecular flexibility index (Phi) is 29.5. The molecule has 2 rings (SSSR count). The first-order chi connectivity index (χ1) is 40.2. The summed E-state index contributed by atoms with van der Waals surface area (Å²) < 4.78 is 0. The quantitative estimate of drug-likeness (QED) is 0.139. The molecule has 24 nitrogen and oxygen atoms in total. The van der Waals surface area contributed by atoms with E-state index in [0.29, 0.717) is 12.7 Å². The van der Waals surface area contributed by atoms with Gasteiger partial charge in [0, 0.05) is 54.2 Å². The normalized spacial score (nSPS) is 29.3. The molecule has 0 bridgehead atoms. The lowest BCUT2D eigenvalue weighted by atomic mass is 9.83. The van der Waals surface area contributed by atoms with Gasteiger partial charge in [-0.2, -0.15) is 0 Å². The second kappa shape index (κ2) is 33.2. The molecular weight excluding hydrogens is 1120 g/mol. The van der Waals surface area contributed by atoms with Crippen molar-refractivity contribution in [1.29, 1.82) is 0 Å². The smallest absolute Gasteiger partial charge is 0.270 e. The second-order valence-electron chi connectivity index (χ2n) is 27.5. The molecule has 2 heterocycles. The van der Waals surface area contributed by atoms with Gasteiger partial charge in [0.15, 0.2) is 6.04 Å². The molecule has 24 heteroatoms. The summed E-state index contributed by atoms with van der Waals surface area (Å²) >= 11 is 0. The van der Waals surface area contributed by atoms with E-state index in [1.54, 1.807) is 48.5 Å².